The van der Waals surface area contributed by atoms with Crippen LogP contribution in [0.3, 0.4) is 0 Å². The number of carbonyl (C=O) groups excluding carboxylic acids is 2. The highest BCUT2D eigenvalue weighted by Crippen LogP contribution is 2.30. The van der Waals surface area contributed by atoms with Crippen LogP contribution in [0.2, 0.25) is 0 Å². The van der Waals surface area contributed by atoms with Crippen LogP contribution in [0, 0.1) is 5.82 Å². The van der Waals surface area contributed by atoms with Gasteiger partial charge in [0.1, 0.15) is 17.4 Å². The van der Waals surface area contributed by atoms with Crippen molar-refractivity contribution < 1.29 is 14.0 Å². The van der Waals surface area contributed by atoms with Gasteiger partial charge in [-0.3, -0.25) is 19.3 Å². The summed E-state index contributed by atoms with van der Waals surface area (Å²) in [5, 5.41) is 4.56. The van der Waals surface area contributed by atoms with E-state index in [4.69, 9.17) is 0 Å². The highest BCUT2D eigenvalue weighted by molar-refractivity contribution is 5.93. The van der Waals surface area contributed by atoms with E-state index in [1.165, 1.54) is 12.1 Å². The van der Waals surface area contributed by atoms with E-state index < -0.39 is 5.92 Å². The molecule has 1 saturated heterocycles. The number of pyridine rings is 1. The summed E-state index contributed by atoms with van der Waals surface area (Å²) in [6.45, 7) is 3.12. The maximum absolute atomic E-state index is 13.6. The lowest BCUT2D eigenvalue weighted by molar-refractivity contribution is -0.133. The monoisotopic (exact) mass is 448 g/mol. The van der Waals surface area contributed by atoms with Crippen molar-refractivity contribution in [3.63, 3.8) is 0 Å². The Hall–Kier alpha value is -3.75. The molecule has 0 unspecified atom stereocenters. The third-order valence-corrected chi connectivity index (χ3v) is 6.28. The summed E-state index contributed by atoms with van der Waals surface area (Å²) in [5.74, 6) is -0.989. The molecule has 170 valence electrons. The molecule has 2 aromatic heterocycles. The Morgan fingerprint density at radius 2 is 1.76 bits per heavy atom. The Morgan fingerprint density at radius 3 is 2.45 bits per heavy atom. The first-order chi connectivity index (χ1) is 16.0. The number of benzene rings is 1. The highest BCUT2D eigenvalue weighted by Gasteiger charge is 2.38. The summed E-state index contributed by atoms with van der Waals surface area (Å²) < 4.78 is 14.9. The van der Waals surface area contributed by atoms with Crippen molar-refractivity contribution in [3.8, 4) is 0 Å². The van der Waals surface area contributed by atoms with Gasteiger partial charge in [-0.05, 0) is 36.4 Å². The average Bonchev–Trinajstić information content (AvgIpc) is 3.24. The van der Waals surface area contributed by atoms with Crippen LogP contribution in [0.4, 0.5) is 10.1 Å². The number of nitrogens with zero attached hydrogens (tertiary/aromatic N) is 6. The van der Waals surface area contributed by atoms with E-state index in [-0.39, 0.29) is 24.2 Å². The number of piperazine rings is 1. The van der Waals surface area contributed by atoms with Gasteiger partial charge < -0.3 is 14.7 Å². The van der Waals surface area contributed by atoms with Gasteiger partial charge in [-0.2, -0.15) is 5.10 Å². The summed E-state index contributed by atoms with van der Waals surface area (Å²) in [5.41, 5.74) is 2.94. The predicted molar refractivity (Wildman–Crippen MR) is 120 cm³/mol. The Morgan fingerprint density at radius 1 is 1.00 bits per heavy atom. The van der Waals surface area contributed by atoms with Crippen molar-refractivity contribution in [2.24, 2.45) is 7.05 Å². The molecule has 1 aromatic carbocycles. The molecule has 9 heteroatoms. The largest absolute Gasteiger partial charge is 0.368 e. The van der Waals surface area contributed by atoms with Gasteiger partial charge in [0.15, 0.2) is 0 Å². The molecular formula is C24H25FN6O2. The van der Waals surface area contributed by atoms with Crippen molar-refractivity contribution in [3.05, 3.63) is 77.6 Å². The second-order valence-corrected chi connectivity index (χ2v) is 8.46. The fraction of sp³-hybridized carbons (Fsp3) is 0.333. The zero-order valence-corrected chi connectivity index (χ0v) is 18.4. The van der Waals surface area contributed by atoms with Crippen molar-refractivity contribution in [2.75, 3.05) is 37.6 Å². The fourth-order valence-electron chi connectivity index (χ4n) is 4.61. The zero-order valence-electron chi connectivity index (χ0n) is 18.4. The summed E-state index contributed by atoms with van der Waals surface area (Å²) in [4.78, 5) is 36.5. The van der Waals surface area contributed by atoms with E-state index >= 15 is 0 Å². The number of aryl methyl sites for hydroxylation is 1. The molecule has 1 fully saturated rings. The van der Waals surface area contributed by atoms with E-state index in [1.807, 2.05) is 18.1 Å². The van der Waals surface area contributed by atoms with Crippen molar-refractivity contribution >= 4 is 17.5 Å². The first kappa shape index (κ1) is 21.1. The quantitative estimate of drug-likeness (QED) is 0.613. The molecule has 5 rings (SSSR count). The number of hydrogen-bond acceptors (Lipinski definition) is 5. The van der Waals surface area contributed by atoms with Gasteiger partial charge in [0.25, 0.3) is 5.91 Å². The number of amides is 2. The van der Waals surface area contributed by atoms with Crippen LogP contribution in [0.15, 0.2) is 54.9 Å². The number of hydrogen-bond donors (Lipinski definition) is 0. The second kappa shape index (κ2) is 8.65. The molecule has 2 aliphatic rings. The summed E-state index contributed by atoms with van der Waals surface area (Å²) in [7, 11) is 1.83. The minimum Gasteiger partial charge on any atom is -0.368 e. The van der Waals surface area contributed by atoms with Crippen molar-refractivity contribution in [1.82, 2.24) is 24.6 Å². The lowest BCUT2D eigenvalue weighted by atomic mass is 9.94. The third-order valence-electron chi connectivity index (χ3n) is 6.28. The molecule has 3 aromatic rings. The molecule has 0 bridgehead atoms. The van der Waals surface area contributed by atoms with E-state index in [0.717, 1.165) is 16.9 Å². The fourth-order valence-corrected chi connectivity index (χ4v) is 4.61. The van der Waals surface area contributed by atoms with Gasteiger partial charge >= 0.3 is 0 Å². The molecule has 2 amide bonds. The molecule has 8 nitrogen and oxygen atoms in total. The number of anilines is 1. The van der Waals surface area contributed by atoms with Crippen molar-refractivity contribution in [1.29, 1.82) is 0 Å². The van der Waals surface area contributed by atoms with Crippen LogP contribution in [0.25, 0.3) is 0 Å². The smallest absolute Gasteiger partial charge is 0.272 e. The molecule has 0 radical (unpaired) electrons. The van der Waals surface area contributed by atoms with Gasteiger partial charge in [-0.15, -0.1) is 0 Å². The predicted octanol–water partition coefficient (Wildman–Crippen LogP) is 2.04. The number of aromatic nitrogens is 3. The van der Waals surface area contributed by atoms with E-state index in [2.05, 4.69) is 15.0 Å². The van der Waals surface area contributed by atoms with Gasteiger partial charge in [0.2, 0.25) is 5.91 Å². The van der Waals surface area contributed by atoms with Gasteiger partial charge in [0, 0.05) is 70.0 Å². The second-order valence-electron chi connectivity index (χ2n) is 8.46. The molecule has 0 saturated carbocycles. The normalized spacial score (nSPS) is 18.2. The Labute approximate surface area is 191 Å². The van der Waals surface area contributed by atoms with Gasteiger partial charge in [-0.25, -0.2) is 4.39 Å². The topological polar surface area (TPSA) is 74.6 Å². The summed E-state index contributed by atoms with van der Waals surface area (Å²) in [6.07, 6.45) is 3.47. The first-order valence-electron chi connectivity index (χ1n) is 11.0. The number of rotatable bonds is 3. The minimum atomic E-state index is -0.514. The highest BCUT2D eigenvalue weighted by atomic mass is 19.1. The Bertz CT molecular complexity index is 1160. The average molecular weight is 449 g/mol. The van der Waals surface area contributed by atoms with E-state index in [1.54, 1.807) is 46.1 Å². The molecule has 0 N–H and O–H groups in total. The molecule has 0 aliphatic carbocycles. The van der Waals surface area contributed by atoms with Gasteiger partial charge in [0.05, 0.1) is 5.69 Å². The van der Waals surface area contributed by atoms with Crippen LogP contribution < -0.4 is 4.90 Å². The molecule has 4 heterocycles. The van der Waals surface area contributed by atoms with Crippen LogP contribution in [-0.4, -0.2) is 69.1 Å². The molecular weight excluding hydrogens is 423 g/mol. The number of fused-ring (bicyclic) bond motifs is 1. The lowest BCUT2D eigenvalue weighted by Gasteiger charge is -2.39. The number of carbonyl (C=O) groups is 2. The van der Waals surface area contributed by atoms with Crippen molar-refractivity contribution in [2.45, 2.75) is 12.5 Å². The van der Waals surface area contributed by atoms with E-state index in [9.17, 15) is 14.0 Å². The Balaban J connectivity index is 1.32. The lowest BCUT2D eigenvalue weighted by Crippen LogP contribution is -2.52. The zero-order chi connectivity index (χ0) is 22.9. The standard InChI is InChI=1S/C24H25FN6O2/c1-28-14-17-15-31(24(33)21-4-2-3-9-26-21)16-20(22(17)27-28)23(32)30-12-10-29(11-13-30)19-7-5-18(25)6-8-19/h2-9,14,20H,10-13,15-16H2,1H3/t20-/m0/s1. The summed E-state index contributed by atoms with van der Waals surface area (Å²) >= 11 is 0. The minimum absolute atomic E-state index is 0.0211. The summed E-state index contributed by atoms with van der Waals surface area (Å²) in [6, 6.07) is 11.7. The molecule has 1 atom stereocenters. The van der Waals surface area contributed by atoms with Crippen LogP contribution in [0.1, 0.15) is 27.7 Å². The Kier molecular flexibility index (Phi) is 5.53. The maximum atomic E-state index is 13.6. The van der Waals surface area contributed by atoms with Gasteiger partial charge in [-0.1, -0.05) is 6.07 Å². The molecule has 0 spiro atoms. The van der Waals surface area contributed by atoms with Crippen LogP contribution >= 0.6 is 0 Å². The third kappa shape index (κ3) is 4.18. The maximum Gasteiger partial charge on any atom is 0.272 e. The van der Waals surface area contributed by atoms with E-state index in [0.29, 0.717) is 38.4 Å². The van der Waals surface area contributed by atoms with Crippen LogP contribution in [0.5, 0.6) is 0 Å². The number of halogens is 1. The molecule has 33 heavy (non-hydrogen) atoms. The van der Waals surface area contributed by atoms with Crippen LogP contribution in [-0.2, 0) is 18.4 Å². The SMILES string of the molecule is Cn1cc2c(n1)[C@@H](C(=O)N1CCN(c3ccc(F)cc3)CC1)CN(C(=O)c1ccccn1)C2. The molecule has 2 aliphatic heterocycles. The first-order valence-corrected chi connectivity index (χ1v) is 11.0.